The van der Waals surface area contributed by atoms with Crippen molar-refractivity contribution in [1.82, 2.24) is 4.57 Å². The van der Waals surface area contributed by atoms with E-state index in [1.165, 1.54) is 53.7 Å². The van der Waals surface area contributed by atoms with Crippen molar-refractivity contribution >= 4 is 16.6 Å². The van der Waals surface area contributed by atoms with Gasteiger partial charge in [-0.05, 0) is 43.5 Å². The van der Waals surface area contributed by atoms with Crippen molar-refractivity contribution in [3.05, 3.63) is 60.3 Å². The summed E-state index contributed by atoms with van der Waals surface area (Å²) in [7, 11) is 0. The summed E-state index contributed by atoms with van der Waals surface area (Å²) in [5, 5.41) is 14.8. The van der Waals surface area contributed by atoms with Gasteiger partial charge in [0.1, 0.15) is 0 Å². The lowest BCUT2D eigenvalue weighted by molar-refractivity contribution is 0.257. The smallest absolute Gasteiger partial charge is 0.0781 e. The number of nitrogens with one attached hydrogen (secondary N) is 1. The molecule has 2 N–H and O–H groups in total. The predicted molar refractivity (Wildman–Crippen MR) is 114 cm³/mol. The highest BCUT2D eigenvalue weighted by molar-refractivity contribution is 5.86. The van der Waals surface area contributed by atoms with Crippen molar-refractivity contribution in [2.24, 2.45) is 0 Å². The molecule has 1 aliphatic rings. The molecule has 0 spiro atoms. The summed E-state index contributed by atoms with van der Waals surface area (Å²) >= 11 is 0. The molecule has 0 radical (unpaired) electrons. The minimum Gasteiger partial charge on any atom is -0.396 e. The van der Waals surface area contributed by atoms with Gasteiger partial charge in [0.05, 0.1) is 22.4 Å². The second kappa shape index (κ2) is 7.77. The molecule has 3 heteroatoms. The van der Waals surface area contributed by atoms with Gasteiger partial charge in [0.2, 0.25) is 0 Å². The van der Waals surface area contributed by atoms with E-state index in [1.54, 1.807) is 0 Å². The van der Waals surface area contributed by atoms with E-state index >= 15 is 0 Å². The minimum absolute atomic E-state index is 0.121. The van der Waals surface area contributed by atoms with Crippen molar-refractivity contribution in [2.75, 3.05) is 11.9 Å². The number of aromatic nitrogens is 1. The molecule has 0 saturated carbocycles. The summed E-state index contributed by atoms with van der Waals surface area (Å²) in [6.07, 6.45) is 7.86. The highest BCUT2D eigenvalue weighted by Crippen LogP contribution is 2.45. The van der Waals surface area contributed by atoms with Gasteiger partial charge in [0, 0.05) is 17.7 Å². The third-order valence-electron chi connectivity index (χ3n) is 5.94. The van der Waals surface area contributed by atoms with E-state index < -0.39 is 0 Å². The Bertz CT molecular complexity index is 914. The van der Waals surface area contributed by atoms with E-state index in [9.17, 15) is 5.11 Å². The Morgan fingerprint density at radius 1 is 0.926 bits per heavy atom. The maximum atomic E-state index is 9.57. The first-order valence-electron chi connectivity index (χ1n) is 10.4. The van der Waals surface area contributed by atoms with Gasteiger partial charge >= 0.3 is 0 Å². The Morgan fingerprint density at radius 2 is 1.70 bits per heavy atom. The molecule has 1 atom stereocenters. The van der Waals surface area contributed by atoms with Crippen LogP contribution in [0.5, 0.6) is 0 Å². The Labute approximate surface area is 162 Å². The molecule has 0 aliphatic carbocycles. The van der Waals surface area contributed by atoms with E-state index in [2.05, 4.69) is 71.4 Å². The van der Waals surface area contributed by atoms with Crippen molar-refractivity contribution in [1.29, 1.82) is 0 Å². The zero-order valence-corrected chi connectivity index (χ0v) is 16.2. The first kappa shape index (κ1) is 18.1. The monoisotopic (exact) mass is 362 g/mol. The second-order valence-corrected chi connectivity index (χ2v) is 7.79. The number of para-hydroxylation sites is 3. The molecule has 2 heterocycles. The fourth-order valence-corrected chi connectivity index (χ4v) is 4.60. The first-order valence-corrected chi connectivity index (χ1v) is 10.4. The van der Waals surface area contributed by atoms with Crippen molar-refractivity contribution in [2.45, 2.75) is 57.4 Å². The van der Waals surface area contributed by atoms with Crippen LogP contribution in [0.3, 0.4) is 0 Å². The fourth-order valence-electron chi connectivity index (χ4n) is 4.60. The summed E-state index contributed by atoms with van der Waals surface area (Å²) < 4.78 is 2.44. The first-order chi connectivity index (χ1) is 13.3. The summed E-state index contributed by atoms with van der Waals surface area (Å²) in [6.45, 7) is 2.49. The van der Waals surface area contributed by atoms with Crippen LogP contribution in [0.2, 0.25) is 0 Å². The molecule has 1 aromatic heterocycles. The average molecular weight is 363 g/mol. The fraction of sp³-hybridized carbons (Fsp3) is 0.417. The number of unbranched alkanes of at least 4 members (excludes halogenated alkanes) is 3. The van der Waals surface area contributed by atoms with Crippen molar-refractivity contribution in [3.63, 3.8) is 0 Å². The molecule has 1 aliphatic heterocycles. The van der Waals surface area contributed by atoms with E-state index in [-0.39, 0.29) is 12.1 Å². The largest absolute Gasteiger partial charge is 0.396 e. The number of rotatable bonds is 8. The van der Waals surface area contributed by atoms with Crippen LogP contribution >= 0.6 is 0 Å². The summed E-state index contributed by atoms with van der Waals surface area (Å²) in [5.41, 5.74) is 4.90. The van der Waals surface area contributed by atoms with Gasteiger partial charge in [-0.25, -0.2) is 0 Å². The number of anilines is 1. The lowest BCUT2D eigenvalue weighted by atomic mass is 9.82. The quantitative estimate of drug-likeness (QED) is 0.483. The normalized spacial score (nSPS) is 18.1. The van der Waals surface area contributed by atoms with Crippen LogP contribution in [0, 0.1) is 0 Å². The van der Waals surface area contributed by atoms with Gasteiger partial charge in [0.25, 0.3) is 0 Å². The van der Waals surface area contributed by atoms with Crippen molar-refractivity contribution < 1.29 is 5.11 Å². The van der Waals surface area contributed by atoms with Gasteiger partial charge in [-0.15, -0.1) is 0 Å². The number of aliphatic hydroxyl groups excluding tert-OH is 1. The number of benzene rings is 2. The van der Waals surface area contributed by atoms with E-state index in [0.29, 0.717) is 0 Å². The zero-order valence-electron chi connectivity index (χ0n) is 16.2. The summed E-state index contributed by atoms with van der Waals surface area (Å²) in [5.74, 6) is 0. The molecule has 2 aromatic carbocycles. The van der Waals surface area contributed by atoms with Gasteiger partial charge in [-0.1, -0.05) is 62.9 Å². The maximum Gasteiger partial charge on any atom is 0.0781 e. The number of aliphatic hydroxyl groups is 1. The highest BCUT2D eigenvalue weighted by Gasteiger charge is 2.39. The van der Waals surface area contributed by atoms with Crippen LogP contribution in [0.25, 0.3) is 16.6 Å². The van der Waals surface area contributed by atoms with Gasteiger partial charge < -0.3 is 15.0 Å². The third-order valence-corrected chi connectivity index (χ3v) is 5.94. The second-order valence-electron chi connectivity index (χ2n) is 7.79. The number of nitrogens with zero attached hydrogens (tertiary/aromatic N) is 1. The Hall–Kier alpha value is -2.26. The molecule has 0 bridgehead atoms. The van der Waals surface area contributed by atoms with Crippen LogP contribution in [-0.4, -0.2) is 16.3 Å². The summed E-state index contributed by atoms with van der Waals surface area (Å²) in [6, 6.07) is 19.6. The van der Waals surface area contributed by atoms with Crippen LogP contribution in [0.4, 0.5) is 5.69 Å². The molecule has 0 amide bonds. The average Bonchev–Trinajstić information content (AvgIpc) is 3.10. The van der Waals surface area contributed by atoms with Crippen LogP contribution in [-0.2, 0) is 5.54 Å². The molecule has 3 aromatic rings. The van der Waals surface area contributed by atoms with E-state index in [1.807, 2.05) is 0 Å². The topological polar surface area (TPSA) is 37.2 Å². The molecular formula is C24H30N2O. The minimum atomic E-state index is -0.121. The number of fused-ring (bicyclic) bond motifs is 5. The van der Waals surface area contributed by atoms with Crippen molar-refractivity contribution in [3.8, 4) is 5.69 Å². The standard InChI is InChI=1S/C24H30N2O/c1-2-3-4-9-15-24(16-10-17-27)23-18-19-11-5-7-13-21(19)26(23)22-14-8-6-12-20(22)25-24/h5-8,11-14,18,25,27H,2-4,9-10,15-17H2,1H3. The molecule has 1 unspecified atom stereocenters. The summed E-state index contributed by atoms with van der Waals surface area (Å²) in [4.78, 5) is 0. The zero-order chi connectivity index (χ0) is 18.7. The third kappa shape index (κ3) is 3.25. The van der Waals surface area contributed by atoms with Gasteiger partial charge in [0.15, 0.2) is 0 Å². The Kier molecular flexibility index (Phi) is 5.22. The van der Waals surface area contributed by atoms with E-state index in [4.69, 9.17) is 0 Å². The SMILES string of the molecule is CCCCCCC1(CCCO)Nc2ccccc2-n2c1cc1ccccc12. The molecule has 27 heavy (non-hydrogen) atoms. The highest BCUT2D eigenvalue weighted by atomic mass is 16.2. The molecule has 4 rings (SSSR count). The Morgan fingerprint density at radius 3 is 2.56 bits per heavy atom. The number of hydrogen-bond donors (Lipinski definition) is 2. The van der Waals surface area contributed by atoms with Crippen LogP contribution in [0.1, 0.15) is 57.6 Å². The van der Waals surface area contributed by atoms with Gasteiger partial charge in [-0.3, -0.25) is 0 Å². The lowest BCUT2D eigenvalue weighted by Crippen LogP contribution is -2.40. The molecule has 0 fully saturated rings. The van der Waals surface area contributed by atoms with Crippen LogP contribution < -0.4 is 5.32 Å². The van der Waals surface area contributed by atoms with E-state index in [0.717, 1.165) is 19.3 Å². The van der Waals surface area contributed by atoms with Crippen LogP contribution in [0.15, 0.2) is 54.6 Å². The molecule has 142 valence electrons. The molecular weight excluding hydrogens is 332 g/mol. The van der Waals surface area contributed by atoms with Gasteiger partial charge in [-0.2, -0.15) is 0 Å². The predicted octanol–water partition coefficient (Wildman–Crippen LogP) is 5.99. The molecule has 3 nitrogen and oxygen atoms in total. The number of hydrogen-bond acceptors (Lipinski definition) is 2. The molecule has 0 saturated heterocycles. The lowest BCUT2D eigenvalue weighted by Gasteiger charge is -2.41. The maximum absolute atomic E-state index is 9.57. The Balaban J connectivity index is 1.85.